The van der Waals surface area contributed by atoms with E-state index in [1.54, 1.807) is 11.9 Å². The highest BCUT2D eigenvalue weighted by molar-refractivity contribution is 7.97. The first kappa shape index (κ1) is 20.6. The fourth-order valence-electron chi connectivity index (χ4n) is 3.94. The molecule has 1 fully saturated rings. The molecule has 1 saturated carbocycles. The Bertz CT molecular complexity index is 1260. The standard InChI is InChI=1S/C23H24N8S/c24-6-9-31-8-5-21(29-31)20-14-27-23-19(4-7-26-23)22(20)28-16-11-17(12-16)30-32-18-3-1-2-15(10-18)13-25/h1-5,7-8,10,14,16-17,30H,6,9,11-12,24H2,(H2,26,27,28)/t16-,17+. The zero-order valence-corrected chi connectivity index (χ0v) is 18.3. The number of rotatable bonds is 8. The molecule has 0 radical (unpaired) electrons. The van der Waals surface area contributed by atoms with Gasteiger partial charge in [0.05, 0.1) is 29.6 Å². The van der Waals surface area contributed by atoms with Crippen molar-refractivity contribution < 1.29 is 0 Å². The molecule has 5 N–H and O–H groups in total. The van der Waals surface area contributed by atoms with Crippen molar-refractivity contribution in [2.24, 2.45) is 5.73 Å². The molecule has 1 aromatic carbocycles. The van der Waals surface area contributed by atoms with Crippen LogP contribution in [0, 0.1) is 11.3 Å². The molecule has 4 aromatic rings. The van der Waals surface area contributed by atoms with Gasteiger partial charge < -0.3 is 16.0 Å². The van der Waals surface area contributed by atoms with Crippen molar-refractivity contribution in [3.05, 3.63) is 60.6 Å². The molecule has 0 unspecified atom stereocenters. The van der Waals surface area contributed by atoms with Gasteiger partial charge in [0, 0.05) is 53.1 Å². The van der Waals surface area contributed by atoms with Gasteiger partial charge in [0.25, 0.3) is 0 Å². The Morgan fingerprint density at radius 1 is 1.25 bits per heavy atom. The maximum Gasteiger partial charge on any atom is 0.139 e. The summed E-state index contributed by atoms with van der Waals surface area (Å²) in [5, 5.41) is 18.5. The van der Waals surface area contributed by atoms with E-state index in [0.717, 1.165) is 45.7 Å². The van der Waals surface area contributed by atoms with Gasteiger partial charge in [-0.3, -0.25) is 9.40 Å². The average Bonchev–Trinajstić information content (AvgIpc) is 3.45. The van der Waals surface area contributed by atoms with Gasteiger partial charge in [-0.2, -0.15) is 10.4 Å². The van der Waals surface area contributed by atoms with E-state index < -0.39 is 0 Å². The predicted octanol–water partition coefficient (Wildman–Crippen LogP) is 3.50. The Hall–Kier alpha value is -3.32. The summed E-state index contributed by atoms with van der Waals surface area (Å²) in [5.41, 5.74) is 10.2. The number of aromatic nitrogens is 4. The van der Waals surface area contributed by atoms with Gasteiger partial charge in [0.2, 0.25) is 0 Å². The number of nitriles is 1. The summed E-state index contributed by atoms with van der Waals surface area (Å²) < 4.78 is 5.38. The minimum absolute atomic E-state index is 0.365. The van der Waals surface area contributed by atoms with Crippen LogP contribution in [0.15, 0.2) is 59.9 Å². The largest absolute Gasteiger partial charge is 0.381 e. The Morgan fingerprint density at radius 3 is 3.00 bits per heavy atom. The van der Waals surface area contributed by atoms with E-state index in [4.69, 9.17) is 11.0 Å². The Balaban J connectivity index is 1.27. The maximum atomic E-state index is 9.06. The number of nitrogens with two attached hydrogens (primary N) is 1. The Morgan fingerprint density at radius 2 is 2.16 bits per heavy atom. The van der Waals surface area contributed by atoms with Gasteiger partial charge in [-0.1, -0.05) is 6.07 Å². The average molecular weight is 445 g/mol. The van der Waals surface area contributed by atoms with E-state index in [-0.39, 0.29) is 0 Å². The Kier molecular flexibility index (Phi) is 5.81. The van der Waals surface area contributed by atoms with Crippen LogP contribution in [0.3, 0.4) is 0 Å². The van der Waals surface area contributed by atoms with Crippen LogP contribution in [-0.2, 0) is 6.54 Å². The molecular weight excluding hydrogens is 420 g/mol. The second kappa shape index (κ2) is 9.04. The quantitative estimate of drug-likeness (QED) is 0.307. The first-order chi connectivity index (χ1) is 15.7. The molecule has 0 atom stereocenters. The monoisotopic (exact) mass is 444 g/mol. The highest BCUT2D eigenvalue weighted by atomic mass is 32.2. The molecule has 0 aliphatic heterocycles. The fraction of sp³-hybridized carbons (Fsp3) is 0.261. The summed E-state index contributed by atoms with van der Waals surface area (Å²) in [7, 11) is 0. The minimum Gasteiger partial charge on any atom is -0.381 e. The summed E-state index contributed by atoms with van der Waals surface area (Å²) in [5.74, 6) is 0. The summed E-state index contributed by atoms with van der Waals surface area (Å²) >= 11 is 1.59. The van der Waals surface area contributed by atoms with Gasteiger partial charge in [-0.05, 0) is 55.1 Å². The Labute approximate surface area is 190 Å². The van der Waals surface area contributed by atoms with Crippen LogP contribution in [0.1, 0.15) is 18.4 Å². The molecule has 0 saturated heterocycles. The van der Waals surface area contributed by atoms with E-state index in [0.29, 0.717) is 30.7 Å². The third kappa shape index (κ3) is 4.21. The lowest BCUT2D eigenvalue weighted by Gasteiger charge is -2.37. The molecule has 9 heteroatoms. The normalized spacial score (nSPS) is 17.8. The molecule has 1 aliphatic carbocycles. The lowest BCUT2D eigenvalue weighted by atomic mass is 9.87. The van der Waals surface area contributed by atoms with Crippen LogP contribution in [0.25, 0.3) is 22.3 Å². The highest BCUT2D eigenvalue weighted by Gasteiger charge is 2.30. The second-order valence-electron chi connectivity index (χ2n) is 7.91. The third-order valence-corrected chi connectivity index (χ3v) is 6.60. The van der Waals surface area contributed by atoms with Crippen molar-refractivity contribution in [2.75, 3.05) is 11.9 Å². The second-order valence-corrected chi connectivity index (χ2v) is 8.82. The molecule has 1 aliphatic rings. The van der Waals surface area contributed by atoms with Crippen molar-refractivity contribution in [1.82, 2.24) is 24.5 Å². The van der Waals surface area contributed by atoms with Crippen molar-refractivity contribution >= 4 is 28.7 Å². The zero-order valence-electron chi connectivity index (χ0n) is 17.5. The summed E-state index contributed by atoms with van der Waals surface area (Å²) in [6.07, 6.45) is 7.77. The van der Waals surface area contributed by atoms with Crippen molar-refractivity contribution in [3.63, 3.8) is 0 Å². The molecule has 0 spiro atoms. The molecule has 0 bridgehead atoms. The molecule has 0 amide bonds. The summed E-state index contributed by atoms with van der Waals surface area (Å²) in [6.45, 7) is 1.24. The van der Waals surface area contributed by atoms with E-state index in [1.165, 1.54) is 0 Å². The number of hydrogen-bond acceptors (Lipinski definition) is 7. The number of nitrogens with zero attached hydrogens (tertiary/aromatic N) is 4. The molecular formula is C23H24N8S. The van der Waals surface area contributed by atoms with Gasteiger partial charge in [-0.25, -0.2) is 4.98 Å². The zero-order chi connectivity index (χ0) is 21.9. The summed E-state index contributed by atoms with van der Waals surface area (Å²) in [6, 6.07) is 14.7. The number of pyridine rings is 1. The van der Waals surface area contributed by atoms with Crippen LogP contribution in [0.5, 0.6) is 0 Å². The summed E-state index contributed by atoms with van der Waals surface area (Å²) in [4.78, 5) is 8.82. The minimum atomic E-state index is 0.365. The molecule has 8 nitrogen and oxygen atoms in total. The van der Waals surface area contributed by atoms with E-state index in [9.17, 15) is 0 Å². The third-order valence-electron chi connectivity index (χ3n) is 5.65. The van der Waals surface area contributed by atoms with Gasteiger partial charge in [-0.15, -0.1) is 0 Å². The fourth-order valence-corrected chi connectivity index (χ4v) is 4.76. The molecule has 32 heavy (non-hydrogen) atoms. The first-order valence-electron chi connectivity index (χ1n) is 10.6. The molecule has 3 heterocycles. The van der Waals surface area contributed by atoms with Gasteiger partial charge in [0.1, 0.15) is 5.65 Å². The number of nitrogens with one attached hydrogen (secondary N) is 3. The van der Waals surface area contributed by atoms with E-state index >= 15 is 0 Å². The van der Waals surface area contributed by atoms with Crippen molar-refractivity contribution in [2.45, 2.75) is 36.4 Å². The van der Waals surface area contributed by atoms with Crippen molar-refractivity contribution in [1.29, 1.82) is 5.26 Å². The van der Waals surface area contributed by atoms with Gasteiger partial charge >= 0.3 is 0 Å². The lowest BCUT2D eigenvalue weighted by molar-refractivity contribution is 0.355. The lowest BCUT2D eigenvalue weighted by Crippen LogP contribution is -2.45. The highest BCUT2D eigenvalue weighted by Crippen LogP contribution is 2.36. The van der Waals surface area contributed by atoms with Crippen LogP contribution >= 0.6 is 11.9 Å². The molecule has 3 aromatic heterocycles. The van der Waals surface area contributed by atoms with Crippen LogP contribution in [-0.4, -0.2) is 38.4 Å². The number of fused-ring (bicyclic) bond motifs is 1. The first-order valence-corrected chi connectivity index (χ1v) is 11.4. The smallest absolute Gasteiger partial charge is 0.139 e. The van der Waals surface area contributed by atoms with Crippen LogP contribution in [0.4, 0.5) is 5.69 Å². The van der Waals surface area contributed by atoms with E-state index in [1.807, 2.05) is 53.6 Å². The number of H-pyrrole nitrogens is 1. The number of benzene rings is 1. The van der Waals surface area contributed by atoms with Gasteiger partial charge in [0.15, 0.2) is 0 Å². The number of anilines is 1. The van der Waals surface area contributed by atoms with Crippen LogP contribution in [0.2, 0.25) is 0 Å². The predicted molar refractivity (Wildman–Crippen MR) is 127 cm³/mol. The number of aromatic amines is 1. The number of hydrogen-bond donors (Lipinski definition) is 4. The molecule has 5 rings (SSSR count). The van der Waals surface area contributed by atoms with E-state index in [2.05, 4.69) is 37.2 Å². The van der Waals surface area contributed by atoms with Crippen molar-refractivity contribution in [3.8, 4) is 17.3 Å². The SMILES string of the molecule is N#Cc1cccc(SN[C@H]2C[C@@H](Nc3c(-c4ccn(CCN)n4)cnc4[nH]ccc34)C2)c1. The van der Waals surface area contributed by atoms with Crippen LogP contribution < -0.4 is 15.8 Å². The molecule has 162 valence electrons. The maximum absolute atomic E-state index is 9.06. The topological polar surface area (TPSA) is 120 Å².